The van der Waals surface area contributed by atoms with E-state index in [-0.39, 0.29) is 29.4 Å². The molecule has 1 amide bonds. The summed E-state index contributed by atoms with van der Waals surface area (Å²) in [6.07, 6.45) is 3.41. The number of cyclic esters (lactones) is 1. The molecule has 0 saturated carbocycles. The Hall–Kier alpha value is -3.70. The maximum Gasteiger partial charge on any atom is 0.338 e. The number of aromatic nitrogens is 1. The highest BCUT2D eigenvalue weighted by Crippen LogP contribution is 2.38. The Labute approximate surface area is 220 Å². The van der Waals surface area contributed by atoms with E-state index in [1.807, 2.05) is 23.1 Å². The van der Waals surface area contributed by atoms with Gasteiger partial charge in [0, 0.05) is 38.3 Å². The summed E-state index contributed by atoms with van der Waals surface area (Å²) in [5.41, 5.74) is 4.41. The van der Waals surface area contributed by atoms with Gasteiger partial charge in [-0.2, -0.15) is 0 Å². The molecule has 2 fully saturated rings. The minimum Gasteiger partial charge on any atom is -0.462 e. The third-order valence-corrected chi connectivity index (χ3v) is 8.20. The number of aliphatic imine (C=N–C) groups is 1. The number of pyridine rings is 1. The SMILES string of the molecule is CC12COC(c3ccc4c(c3)CCOC4=O)CN1CCN(C(=O)C1CCc3nc(N=CN=NN)ccc31)C2. The summed E-state index contributed by atoms with van der Waals surface area (Å²) in [5.74, 6) is 5.24. The van der Waals surface area contributed by atoms with Gasteiger partial charge in [-0.15, -0.1) is 5.11 Å². The number of amides is 1. The van der Waals surface area contributed by atoms with Crippen molar-refractivity contribution in [3.8, 4) is 0 Å². The largest absolute Gasteiger partial charge is 0.462 e. The van der Waals surface area contributed by atoms with E-state index < -0.39 is 0 Å². The number of carbonyl (C=O) groups is 2. The summed E-state index contributed by atoms with van der Waals surface area (Å²) < 4.78 is 11.5. The van der Waals surface area contributed by atoms with Crippen molar-refractivity contribution < 1.29 is 19.1 Å². The summed E-state index contributed by atoms with van der Waals surface area (Å²) >= 11 is 0. The highest BCUT2D eigenvalue weighted by molar-refractivity contribution is 5.92. The van der Waals surface area contributed by atoms with Crippen LogP contribution in [0.15, 0.2) is 45.7 Å². The van der Waals surface area contributed by atoms with E-state index >= 15 is 0 Å². The van der Waals surface area contributed by atoms with Crippen molar-refractivity contribution >= 4 is 24.0 Å². The van der Waals surface area contributed by atoms with Crippen LogP contribution < -0.4 is 5.84 Å². The molecule has 11 heteroatoms. The van der Waals surface area contributed by atoms with Crippen LogP contribution in [0.5, 0.6) is 0 Å². The molecule has 2 aromatic rings. The van der Waals surface area contributed by atoms with E-state index in [2.05, 4.69) is 38.2 Å². The summed E-state index contributed by atoms with van der Waals surface area (Å²) in [4.78, 5) is 38.8. The number of esters is 1. The second-order valence-electron chi connectivity index (χ2n) is 10.6. The zero-order chi connectivity index (χ0) is 26.3. The van der Waals surface area contributed by atoms with Crippen LogP contribution >= 0.6 is 0 Å². The monoisotopic (exact) mass is 517 g/mol. The molecule has 1 aromatic heterocycles. The van der Waals surface area contributed by atoms with Gasteiger partial charge in [-0.25, -0.2) is 14.8 Å². The quantitative estimate of drug-likeness (QED) is 0.164. The van der Waals surface area contributed by atoms with Crippen LogP contribution in [-0.2, 0) is 27.1 Å². The number of ether oxygens (including phenoxy) is 2. The number of benzene rings is 1. The normalized spacial score (nSPS) is 27.3. The zero-order valence-electron chi connectivity index (χ0n) is 21.4. The molecule has 3 aliphatic heterocycles. The number of hydrogen-bond donors (Lipinski definition) is 1. The first kappa shape index (κ1) is 24.6. The lowest BCUT2D eigenvalue weighted by Crippen LogP contribution is -2.67. The maximum atomic E-state index is 13.7. The highest BCUT2D eigenvalue weighted by atomic mass is 16.5. The van der Waals surface area contributed by atoms with E-state index in [4.69, 9.17) is 15.3 Å². The van der Waals surface area contributed by atoms with Gasteiger partial charge in [0.2, 0.25) is 5.91 Å². The fourth-order valence-corrected chi connectivity index (χ4v) is 6.14. The predicted octanol–water partition coefficient (Wildman–Crippen LogP) is 2.48. The highest BCUT2D eigenvalue weighted by Gasteiger charge is 2.45. The van der Waals surface area contributed by atoms with Gasteiger partial charge in [0.1, 0.15) is 6.34 Å². The van der Waals surface area contributed by atoms with Crippen molar-refractivity contribution in [1.82, 2.24) is 14.8 Å². The topological polar surface area (TPSA) is 135 Å². The molecule has 2 saturated heterocycles. The lowest BCUT2D eigenvalue weighted by molar-refractivity contribution is -0.155. The van der Waals surface area contributed by atoms with Gasteiger partial charge in [-0.05, 0) is 48.6 Å². The number of piperazine rings is 1. The fraction of sp³-hybridized carbons (Fsp3) is 0.481. The van der Waals surface area contributed by atoms with Crippen molar-refractivity contribution in [2.75, 3.05) is 39.4 Å². The Morgan fingerprint density at radius 3 is 3.00 bits per heavy atom. The van der Waals surface area contributed by atoms with Crippen molar-refractivity contribution in [1.29, 1.82) is 0 Å². The van der Waals surface area contributed by atoms with Gasteiger partial charge in [-0.1, -0.05) is 23.4 Å². The summed E-state index contributed by atoms with van der Waals surface area (Å²) in [6.45, 7) is 5.99. The van der Waals surface area contributed by atoms with Crippen LogP contribution in [-0.4, -0.2) is 77.9 Å². The van der Waals surface area contributed by atoms with Gasteiger partial charge in [0.25, 0.3) is 0 Å². The van der Waals surface area contributed by atoms with Crippen molar-refractivity contribution in [2.45, 2.75) is 43.7 Å². The molecule has 3 unspecified atom stereocenters. The second kappa shape index (κ2) is 9.88. The van der Waals surface area contributed by atoms with E-state index in [1.165, 1.54) is 6.34 Å². The zero-order valence-corrected chi connectivity index (χ0v) is 21.4. The van der Waals surface area contributed by atoms with Crippen LogP contribution in [0.4, 0.5) is 5.82 Å². The maximum absolute atomic E-state index is 13.7. The average molecular weight is 518 g/mol. The number of fused-ring (bicyclic) bond motifs is 3. The number of aryl methyl sites for hydroxylation is 1. The van der Waals surface area contributed by atoms with Gasteiger partial charge < -0.3 is 20.2 Å². The molecular formula is C27H31N7O4. The molecule has 3 atom stereocenters. The Balaban J connectivity index is 1.12. The molecule has 1 aliphatic carbocycles. The summed E-state index contributed by atoms with van der Waals surface area (Å²) in [5, 5.41) is 6.68. The van der Waals surface area contributed by atoms with Gasteiger partial charge in [0.15, 0.2) is 5.82 Å². The molecule has 198 valence electrons. The molecular weight excluding hydrogens is 486 g/mol. The van der Waals surface area contributed by atoms with Crippen LogP contribution in [0.2, 0.25) is 0 Å². The Bertz CT molecular complexity index is 1330. The number of rotatable bonds is 4. The first-order chi connectivity index (χ1) is 18.4. The third-order valence-electron chi connectivity index (χ3n) is 8.20. The van der Waals surface area contributed by atoms with E-state index in [9.17, 15) is 9.59 Å². The molecule has 38 heavy (non-hydrogen) atoms. The molecule has 2 N–H and O–H groups in total. The predicted molar refractivity (Wildman–Crippen MR) is 138 cm³/mol. The summed E-state index contributed by atoms with van der Waals surface area (Å²) in [6, 6.07) is 9.67. The number of nitrogens with two attached hydrogens (primary N) is 1. The third kappa shape index (κ3) is 4.45. The number of carbonyl (C=O) groups excluding carboxylic acids is 2. The van der Waals surface area contributed by atoms with Crippen LogP contribution in [0.1, 0.15) is 58.1 Å². The molecule has 1 aromatic carbocycles. The lowest BCUT2D eigenvalue weighted by atomic mass is 9.90. The minimum atomic E-state index is -0.252. The van der Waals surface area contributed by atoms with Crippen molar-refractivity contribution in [3.05, 3.63) is 58.3 Å². The Morgan fingerprint density at radius 2 is 2.13 bits per heavy atom. The van der Waals surface area contributed by atoms with Gasteiger partial charge in [0.05, 0.1) is 36.3 Å². The number of morpholine rings is 1. The smallest absolute Gasteiger partial charge is 0.338 e. The number of nitrogens with zero attached hydrogens (tertiary/aromatic N) is 6. The lowest BCUT2D eigenvalue weighted by Gasteiger charge is -2.53. The van der Waals surface area contributed by atoms with Crippen LogP contribution in [0, 0.1) is 0 Å². The minimum absolute atomic E-state index is 0.0652. The fourth-order valence-electron chi connectivity index (χ4n) is 6.14. The molecule has 4 aliphatic rings. The first-order valence-electron chi connectivity index (χ1n) is 13.0. The molecule has 0 radical (unpaired) electrons. The van der Waals surface area contributed by atoms with Crippen molar-refractivity contribution in [3.63, 3.8) is 0 Å². The van der Waals surface area contributed by atoms with Gasteiger partial charge >= 0.3 is 5.97 Å². The molecule has 0 bridgehead atoms. The van der Waals surface area contributed by atoms with Crippen LogP contribution in [0.3, 0.4) is 0 Å². The Morgan fingerprint density at radius 1 is 1.24 bits per heavy atom. The van der Waals surface area contributed by atoms with E-state index in [1.54, 1.807) is 6.07 Å². The first-order valence-corrected chi connectivity index (χ1v) is 13.0. The van der Waals surface area contributed by atoms with Gasteiger partial charge in [-0.3, -0.25) is 9.69 Å². The second-order valence-corrected chi connectivity index (χ2v) is 10.6. The molecule has 11 nitrogen and oxygen atoms in total. The molecule has 0 spiro atoms. The number of hydrogen-bond acceptors (Lipinski definition) is 8. The average Bonchev–Trinajstić information content (AvgIpc) is 3.35. The Kier molecular flexibility index (Phi) is 6.40. The van der Waals surface area contributed by atoms with E-state index in [0.717, 1.165) is 54.7 Å². The van der Waals surface area contributed by atoms with Crippen LogP contribution in [0.25, 0.3) is 0 Å². The molecule has 4 heterocycles. The standard InChI is InChI=1S/C27H31N7O4/c1-27-14-33(25(35)21-4-6-22-20(21)5-7-24(31-22)29-16-30-32-28)9-10-34(27)13-23(38-15-27)18-2-3-19-17(12-18)8-11-37-26(19)36/h2-3,5,7,12,16,21,23H,4,6,8-11,13-15H2,1H3,(H2,28,29,30,31). The summed E-state index contributed by atoms with van der Waals surface area (Å²) in [7, 11) is 0. The van der Waals surface area contributed by atoms with Crippen molar-refractivity contribution in [2.24, 2.45) is 21.2 Å². The molecule has 6 rings (SSSR count). The van der Waals surface area contributed by atoms with E-state index in [0.29, 0.717) is 37.7 Å².